The van der Waals surface area contributed by atoms with Crippen LogP contribution in [0.25, 0.3) is 22.3 Å². The fourth-order valence-corrected chi connectivity index (χ4v) is 5.79. The summed E-state index contributed by atoms with van der Waals surface area (Å²) in [4.78, 5) is 40.3. The molecule has 0 saturated carbocycles. The molecule has 1 unspecified atom stereocenters. The molecule has 0 aromatic heterocycles. The smallest absolute Gasteiger partial charge is 0.326 e. The van der Waals surface area contributed by atoms with E-state index in [4.69, 9.17) is 9.47 Å². The summed E-state index contributed by atoms with van der Waals surface area (Å²) in [6.45, 7) is 5.57. The number of ether oxygens (including phenoxy) is 2. The lowest BCUT2D eigenvalue weighted by atomic mass is 9.90. The third kappa shape index (κ3) is 5.98. The Kier molecular flexibility index (Phi) is 8.79. The molecular formula is C33H37FN4O5. The lowest BCUT2D eigenvalue weighted by Gasteiger charge is -2.33. The third-order valence-corrected chi connectivity index (χ3v) is 8.41. The molecule has 226 valence electrons. The highest BCUT2D eigenvalue weighted by molar-refractivity contribution is 6.12. The van der Waals surface area contributed by atoms with Crippen molar-refractivity contribution in [1.29, 1.82) is 0 Å². The molecule has 9 nitrogen and oxygen atoms in total. The van der Waals surface area contributed by atoms with Crippen LogP contribution in [-0.4, -0.2) is 74.7 Å². The van der Waals surface area contributed by atoms with Crippen LogP contribution in [0.1, 0.15) is 23.1 Å². The van der Waals surface area contributed by atoms with Crippen molar-refractivity contribution in [2.24, 2.45) is 5.92 Å². The molecule has 2 aliphatic heterocycles. The molecule has 0 radical (unpaired) electrons. The van der Waals surface area contributed by atoms with Crippen LogP contribution >= 0.6 is 0 Å². The number of anilines is 1. The number of amides is 4. The van der Waals surface area contributed by atoms with E-state index in [1.54, 1.807) is 26.3 Å². The van der Waals surface area contributed by atoms with Crippen LogP contribution in [0, 0.1) is 25.6 Å². The van der Waals surface area contributed by atoms with Gasteiger partial charge >= 0.3 is 6.03 Å². The molecule has 2 N–H and O–H groups in total. The van der Waals surface area contributed by atoms with Gasteiger partial charge in [0.15, 0.2) is 0 Å². The second kappa shape index (κ2) is 12.5. The zero-order valence-electron chi connectivity index (χ0n) is 25.1. The number of imide groups is 1. The van der Waals surface area contributed by atoms with E-state index in [9.17, 15) is 14.4 Å². The number of hydrogen-bond donors (Lipinski definition) is 2. The fourth-order valence-electron chi connectivity index (χ4n) is 5.79. The summed E-state index contributed by atoms with van der Waals surface area (Å²) >= 11 is 0. The maximum absolute atomic E-state index is 15.5. The van der Waals surface area contributed by atoms with E-state index in [0.717, 1.165) is 39.1 Å². The van der Waals surface area contributed by atoms with E-state index in [1.807, 2.05) is 50.2 Å². The topological polar surface area (TPSA) is 100 Å². The average molecular weight is 589 g/mol. The molecule has 2 fully saturated rings. The van der Waals surface area contributed by atoms with Crippen molar-refractivity contribution in [1.82, 2.24) is 15.1 Å². The zero-order chi connectivity index (χ0) is 30.8. The molecule has 3 aromatic rings. The van der Waals surface area contributed by atoms with E-state index >= 15 is 4.39 Å². The Morgan fingerprint density at radius 2 is 1.74 bits per heavy atom. The number of carbonyl (C=O) groups excluding carboxylic acids is 3. The maximum atomic E-state index is 15.5. The van der Waals surface area contributed by atoms with E-state index in [0.29, 0.717) is 42.3 Å². The minimum Gasteiger partial charge on any atom is -0.496 e. The van der Waals surface area contributed by atoms with Gasteiger partial charge in [0.1, 0.15) is 17.5 Å². The van der Waals surface area contributed by atoms with Gasteiger partial charge in [0, 0.05) is 51.1 Å². The summed E-state index contributed by atoms with van der Waals surface area (Å²) in [5.74, 6) is -1.88. The molecule has 4 amide bonds. The number of rotatable bonds is 8. The molecular weight excluding hydrogens is 551 g/mol. The van der Waals surface area contributed by atoms with Crippen LogP contribution in [0.5, 0.6) is 5.75 Å². The van der Waals surface area contributed by atoms with Gasteiger partial charge in [0.2, 0.25) is 11.8 Å². The first kappa shape index (κ1) is 30.2. The molecule has 2 heterocycles. The number of nitrogens with one attached hydrogen (secondary N) is 2. The van der Waals surface area contributed by atoms with Crippen LogP contribution < -0.4 is 15.4 Å². The second-order valence-corrected chi connectivity index (χ2v) is 11.1. The zero-order valence-corrected chi connectivity index (χ0v) is 25.1. The predicted octanol–water partition coefficient (Wildman–Crippen LogP) is 4.74. The SMILES string of the molecule is COc1cc(-c2cccc(-c3cccc(NC(=O)C4CN(C)C(=O)N(C)C4=O)c3C)c2C)cc(F)c1CN[C@@H]1CCOC1. The fraction of sp³-hybridized carbons (Fsp3) is 0.364. The van der Waals surface area contributed by atoms with Gasteiger partial charge in [-0.05, 0) is 71.8 Å². The molecule has 0 spiro atoms. The van der Waals surface area contributed by atoms with Crippen molar-refractivity contribution in [3.05, 3.63) is 71.0 Å². The molecule has 3 aromatic carbocycles. The number of hydrogen-bond acceptors (Lipinski definition) is 6. The Labute approximate surface area is 251 Å². The minimum absolute atomic E-state index is 0.0115. The van der Waals surface area contributed by atoms with Crippen LogP contribution in [0.15, 0.2) is 48.5 Å². The highest BCUT2D eigenvalue weighted by atomic mass is 19.1. The van der Waals surface area contributed by atoms with Crippen molar-refractivity contribution >= 4 is 23.5 Å². The van der Waals surface area contributed by atoms with Gasteiger partial charge in [-0.2, -0.15) is 0 Å². The van der Waals surface area contributed by atoms with Gasteiger partial charge in [-0.15, -0.1) is 0 Å². The third-order valence-electron chi connectivity index (χ3n) is 8.41. The van der Waals surface area contributed by atoms with E-state index < -0.39 is 23.8 Å². The summed E-state index contributed by atoms with van der Waals surface area (Å²) in [5, 5.41) is 6.25. The standard InChI is InChI=1S/C33H37FN4O5/c1-19-23(21-14-28(34)26(30(15-21)42-5)16-35-22-12-13-43-18-22)8-6-9-24(19)25-10-7-11-29(20(25)2)36-31(39)27-17-37(3)33(41)38(4)32(27)40/h6-11,14-15,22,27,35H,12-13,16-18H2,1-5H3,(H,36,39)/t22-,27?/m1/s1. The number of methoxy groups -OCH3 is 1. The summed E-state index contributed by atoms with van der Waals surface area (Å²) < 4.78 is 26.5. The van der Waals surface area contributed by atoms with Gasteiger partial charge in [-0.3, -0.25) is 14.5 Å². The molecule has 43 heavy (non-hydrogen) atoms. The van der Waals surface area contributed by atoms with Gasteiger partial charge in [0.05, 0.1) is 13.7 Å². The Morgan fingerprint density at radius 3 is 2.44 bits per heavy atom. The summed E-state index contributed by atoms with van der Waals surface area (Å²) in [6, 6.07) is 14.6. The van der Waals surface area contributed by atoms with Gasteiger partial charge in [-0.25, -0.2) is 9.18 Å². The summed E-state index contributed by atoms with van der Waals surface area (Å²) in [6.07, 6.45) is 0.896. The molecule has 10 heteroatoms. The molecule has 0 bridgehead atoms. The molecule has 2 aliphatic rings. The van der Waals surface area contributed by atoms with Crippen molar-refractivity contribution in [2.45, 2.75) is 32.9 Å². The molecule has 2 atom stereocenters. The Hall–Kier alpha value is -4.28. The largest absolute Gasteiger partial charge is 0.496 e. The Balaban J connectivity index is 1.42. The minimum atomic E-state index is -1.00. The van der Waals surface area contributed by atoms with Crippen molar-refractivity contribution in [2.75, 3.05) is 46.3 Å². The molecule has 5 rings (SSSR count). The van der Waals surface area contributed by atoms with Gasteiger partial charge < -0.3 is 25.0 Å². The predicted molar refractivity (Wildman–Crippen MR) is 162 cm³/mol. The number of nitrogens with zero attached hydrogens (tertiary/aromatic N) is 2. The van der Waals surface area contributed by atoms with Crippen LogP contribution in [0.2, 0.25) is 0 Å². The number of benzene rings is 3. The number of carbonyl (C=O) groups is 3. The quantitative estimate of drug-likeness (QED) is 0.369. The Morgan fingerprint density at radius 1 is 1.05 bits per heavy atom. The van der Waals surface area contributed by atoms with Gasteiger partial charge in [0.25, 0.3) is 0 Å². The Bertz CT molecular complexity index is 1570. The molecule has 0 aliphatic carbocycles. The lowest BCUT2D eigenvalue weighted by Crippen LogP contribution is -2.56. The van der Waals surface area contributed by atoms with Crippen LogP contribution in [-0.2, 0) is 20.9 Å². The van der Waals surface area contributed by atoms with Crippen LogP contribution in [0.4, 0.5) is 14.9 Å². The first-order valence-electron chi connectivity index (χ1n) is 14.3. The first-order valence-corrected chi connectivity index (χ1v) is 14.3. The van der Waals surface area contributed by atoms with E-state index in [2.05, 4.69) is 10.6 Å². The normalized spacial score (nSPS) is 18.7. The van der Waals surface area contributed by atoms with Crippen LogP contribution in [0.3, 0.4) is 0 Å². The first-order chi connectivity index (χ1) is 20.6. The van der Waals surface area contributed by atoms with E-state index in [1.165, 1.54) is 11.9 Å². The van der Waals surface area contributed by atoms with E-state index in [-0.39, 0.29) is 18.4 Å². The van der Waals surface area contributed by atoms with Crippen molar-refractivity contribution in [3.63, 3.8) is 0 Å². The van der Waals surface area contributed by atoms with Crippen molar-refractivity contribution < 1.29 is 28.2 Å². The highest BCUT2D eigenvalue weighted by Crippen LogP contribution is 2.38. The highest BCUT2D eigenvalue weighted by Gasteiger charge is 2.39. The summed E-state index contributed by atoms with van der Waals surface area (Å²) in [7, 11) is 4.48. The second-order valence-electron chi connectivity index (χ2n) is 11.1. The number of urea groups is 1. The lowest BCUT2D eigenvalue weighted by molar-refractivity contribution is -0.140. The van der Waals surface area contributed by atoms with Gasteiger partial charge in [-0.1, -0.05) is 30.3 Å². The molecule has 2 saturated heterocycles. The summed E-state index contributed by atoms with van der Waals surface area (Å²) in [5.41, 5.74) is 6.17. The average Bonchev–Trinajstić information content (AvgIpc) is 3.52. The monoisotopic (exact) mass is 588 g/mol. The maximum Gasteiger partial charge on any atom is 0.326 e. The number of halogens is 1. The van der Waals surface area contributed by atoms with Crippen molar-refractivity contribution in [3.8, 4) is 28.0 Å².